The van der Waals surface area contributed by atoms with Gasteiger partial charge < -0.3 is 20.1 Å². The average Bonchev–Trinajstić information content (AvgIpc) is 2.54. The number of rotatable bonds is 9. The minimum Gasteiger partial charge on any atom is -0.490 e. The van der Waals surface area contributed by atoms with Gasteiger partial charge >= 0.3 is 5.97 Å². The van der Waals surface area contributed by atoms with E-state index in [0.717, 1.165) is 25.8 Å². The number of carboxylic acid groups (broad SMARTS) is 1. The van der Waals surface area contributed by atoms with Crippen molar-refractivity contribution in [3.63, 3.8) is 0 Å². The topological polar surface area (TPSA) is 78.9 Å². The zero-order chi connectivity index (χ0) is 16.7. The monoisotopic (exact) mass is 320 g/mol. The van der Waals surface area contributed by atoms with E-state index in [1.54, 1.807) is 23.1 Å². The Labute approximate surface area is 136 Å². The molecule has 2 N–H and O–H groups in total. The molecule has 0 saturated carbocycles. The van der Waals surface area contributed by atoms with E-state index in [9.17, 15) is 9.59 Å². The highest BCUT2D eigenvalue weighted by Gasteiger charge is 2.21. The van der Waals surface area contributed by atoms with Crippen molar-refractivity contribution in [1.29, 1.82) is 0 Å². The van der Waals surface area contributed by atoms with Crippen LogP contribution in [0.1, 0.15) is 36.5 Å². The van der Waals surface area contributed by atoms with Crippen LogP contribution < -0.4 is 15.0 Å². The van der Waals surface area contributed by atoms with E-state index in [-0.39, 0.29) is 12.3 Å². The lowest BCUT2D eigenvalue weighted by Crippen LogP contribution is -2.37. The number of ether oxygens (including phenoxy) is 1. The lowest BCUT2D eigenvalue weighted by atomic mass is 10.1. The largest absolute Gasteiger partial charge is 0.490 e. The van der Waals surface area contributed by atoms with Crippen LogP contribution in [0.25, 0.3) is 0 Å². The van der Waals surface area contributed by atoms with E-state index in [2.05, 4.69) is 12.2 Å². The number of unbranched alkanes of at least 4 members (excludes halogenated alkanes) is 2. The quantitative estimate of drug-likeness (QED) is 0.535. The molecule has 1 aromatic carbocycles. The van der Waals surface area contributed by atoms with Gasteiger partial charge in [-0.15, -0.1) is 0 Å². The van der Waals surface area contributed by atoms with Gasteiger partial charge in [0.15, 0.2) is 5.78 Å². The predicted molar refractivity (Wildman–Crippen MR) is 88.5 cm³/mol. The Bertz CT molecular complexity index is 560. The number of nitrogens with one attached hydrogen (secondary N) is 1. The molecule has 0 atom stereocenters. The number of hydrogen-bond donors (Lipinski definition) is 2. The molecule has 0 aliphatic carbocycles. The van der Waals surface area contributed by atoms with Crippen molar-refractivity contribution < 1.29 is 19.4 Å². The summed E-state index contributed by atoms with van der Waals surface area (Å²) < 4.78 is 5.53. The molecule has 6 nitrogen and oxygen atoms in total. The number of carbonyl (C=O) groups is 2. The minimum absolute atomic E-state index is 0.00477. The van der Waals surface area contributed by atoms with Gasteiger partial charge in [0.1, 0.15) is 18.9 Å². The van der Waals surface area contributed by atoms with Crippen molar-refractivity contribution in [3.8, 4) is 5.75 Å². The molecular formula is C17H24N2O4. The summed E-state index contributed by atoms with van der Waals surface area (Å²) in [5.41, 5.74) is 1.25. The molecule has 0 spiro atoms. The van der Waals surface area contributed by atoms with Gasteiger partial charge in [0.05, 0.1) is 18.8 Å². The van der Waals surface area contributed by atoms with Gasteiger partial charge in [-0.1, -0.05) is 19.8 Å². The molecule has 0 aromatic heterocycles. The fourth-order valence-corrected chi connectivity index (χ4v) is 2.58. The molecule has 1 aromatic rings. The average molecular weight is 320 g/mol. The highest BCUT2D eigenvalue weighted by atomic mass is 16.5. The van der Waals surface area contributed by atoms with Crippen LogP contribution in [0.15, 0.2) is 18.2 Å². The number of carbonyl (C=O) groups excluding carboxylic acids is 1. The highest BCUT2D eigenvalue weighted by molar-refractivity contribution is 5.99. The smallest absolute Gasteiger partial charge is 0.323 e. The fourth-order valence-electron chi connectivity index (χ4n) is 2.58. The number of anilines is 1. The number of Topliss-reactive ketones (excluding diaryl/α,β-unsaturated/α-hetero) is 1. The van der Waals surface area contributed by atoms with Crippen molar-refractivity contribution in [1.82, 2.24) is 5.32 Å². The summed E-state index contributed by atoms with van der Waals surface area (Å²) in [4.78, 5) is 24.9. The molecule has 2 rings (SSSR count). The molecule has 126 valence electrons. The van der Waals surface area contributed by atoms with Crippen molar-refractivity contribution in [3.05, 3.63) is 23.8 Å². The Balaban J connectivity index is 2.00. The molecule has 1 aliphatic rings. The van der Waals surface area contributed by atoms with Gasteiger partial charge in [-0.2, -0.15) is 0 Å². The summed E-state index contributed by atoms with van der Waals surface area (Å²) in [5.74, 6) is -0.262. The Morgan fingerprint density at radius 3 is 2.91 bits per heavy atom. The van der Waals surface area contributed by atoms with E-state index in [1.165, 1.54) is 0 Å². The molecule has 0 fully saturated rings. The Hall–Kier alpha value is -2.08. The lowest BCUT2D eigenvalue weighted by molar-refractivity contribution is -0.135. The van der Waals surface area contributed by atoms with Crippen molar-refractivity contribution >= 4 is 17.4 Å². The summed E-state index contributed by atoms with van der Waals surface area (Å²) in [6.07, 6.45) is 3.37. The summed E-state index contributed by atoms with van der Waals surface area (Å²) >= 11 is 0. The van der Waals surface area contributed by atoms with Crippen molar-refractivity contribution in [2.45, 2.75) is 26.2 Å². The summed E-state index contributed by atoms with van der Waals surface area (Å²) in [6.45, 7) is 4.13. The van der Waals surface area contributed by atoms with E-state index in [4.69, 9.17) is 9.84 Å². The van der Waals surface area contributed by atoms with Gasteiger partial charge in [0.2, 0.25) is 0 Å². The molecule has 6 heteroatoms. The first-order valence-electron chi connectivity index (χ1n) is 8.09. The first-order chi connectivity index (χ1) is 11.1. The van der Waals surface area contributed by atoms with E-state index < -0.39 is 5.97 Å². The second-order valence-corrected chi connectivity index (χ2v) is 5.65. The molecular weight excluding hydrogens is 296 g/mol. The predicted octanol–water partition coefficient (Wildman–Crippen LogP) is 1.93. The Morgan fingerprint density at radius 1 is 1.35 bits per heavy atom. The number of fused-ring (bicyclic) bond motifs is 1. The molecule has 1 aliphatic heterocycles. The second kappa shape index (κ2) is 8.53. The third kappa shape index (κ3) is 4.96. The van der Waals surface area contributed by atoms with Crippen LogP contribution in [0.3, 0.4) is 0 Å². The van der Waals surface area contributed by atoms with Gasteiger partial charge in [0, 0.05) is 5.56 Å². The first-order valence-corrected chi connectivity index (χ1v) is 8.09. The third-order valence-corrected chi connectivity index (χ3v) is 3.81. The standard InChI is InChI=1S/C17H24N2O4/c1-2-3-4-7-18-11-15(20)13-5-6-16-14(10-13)19(8-9-23-16)12-17(21)22/h5-6,10,18H,2-4,7-9,11-12H2,1H3,(H,21,22). The third-order valence-electron chi connectivity index (χ3n) is 3.81. The molecule has 0 unspecified atom stereocenters. The van der Waals surface area contributed by atoms with Crippen LogP contribution in [0.2, 0.25) is 0 Å². The Kier molecular flexibility index (Phi) is 6.40. The van der Waals surface area contributed by atoms with Crippen LogP contribution in [0.4, 0.5) is 5.69 Å². The molecule has 0 radical (unpaired) electrons. The maximum atomic E-state index is 12.3. The maximum Gasteiger partial charge on any atom is 0.323 e. The SMILES string of the molecule is CCCCCNCC(=O)c1ccc2c(c1)N(CC(=O)O)CCO2. The fraction of sp³-hybridized carbons (Fsp3) is 0.529. The van der Waals surface area contributed by atoms with E-state index >= 15 is 0 Å². The lowest BCUT2D eigenvalue weighted by Gasteiger charge is -2.30. The van der Waals surface area contributed by atoms with Gasteiger partial charge in [-0.3, -0.25) is 9.59 Å². The summed E-state index contributed by atoms with van der Waals surface area (Å²) in [7, 11) is 0. The van der Waals surface area contributed by atoms with Gasteiger partial charge in [-0.25, -0.2) is 0 Å². The number of carboxylic acids is 1. The Morgan fingerprint density at radius 2 is 2.17 bits per heavy atom. The van der Waals surface area contributed by atoms with E-state index in [1.807, 2.05) is 0 Å². The zero-order valence-corrected chi connectivity index (χ0v) is 13.5. The molecule has 0 amide bonds. The first kappa shape index (κ1) is 17.3. The minimum atomic E-state index is -0.896. The molecule has 0 bridgehead atoms. The van der Waals surface area contributed by atoms with Crippen LogP contribution in [0, 0.1) is 0 Å². The molecule has 0 saturated heterocycles. The zero-order valence-electron chi connectivity index (χ0n) is 13.5. The number of aliphatic carboxylic acids is 1. The number of nitrogens with zero attached hydrogens (tertiary/aromatic N) is 1. The van der Waals surface area contributed by atoms with Gasteiger partial charge in [0.25, 0.3) is 0 Å². The van der Waals surface area contributed by atoms with Crippen LogP contribution >= 0.6 is 0 Å². The normalized spacial score (nSPS) is 13.3. The van der Waals surface area contributed by atoms with Crippen LogP contribution in [-0.4, -0.2) is 49.6 Å². The summed E-state index contributed by atoms with van der Waals surface area (Å²) in [6, 6.07) is 5.21. The number of ketones is 1. The van der Waals surface area contributed by atoms with E-state index in [0.29, 0.717) is 36.7 Å². The van der Waals surface area contributed by atoms with Crippen LogP contribution in [0.5, 0.6) is 5.75 Å². The maximum absolute atomic E-state index is 12.3. The number of benzene rings is 1. The van der Waals surface area contributed by atoms with Gasteiger partial charge in [-0.05, 0) is 31.2 Å². The highest BCUT2D eigenvalue weighted by Crippen LogP contribution is 2.32. The second-order valence-electron chi connectivity index (χ2n) is 5.65. The summed E-state index contributed by atoms with van der Waals surface area (Å²) in [5, 5.41) is 12.2. The van der Waals surface area contributed by atoms with Crippen molar-refractivity contribution in [2.24, 2.45) is 0 Å². The van der Waals surface area contributed by atoms with Crippen LogP contribution in [-0.2, 0) is 4.79 Å². The van der Waals surface area contributed by atoms with Crippen molar-refractivity contribution in [2.75, 3.05) is 37.7 Å². The molecule has 23 heavy (non-hydrogen) atoms. The number of hydrogen-bond acceptors (Lipinski definition) is 5. The molecule has 1 heterocycles.